The number of halogens is 5. The first-order valence-corrected chi connectivity index (χ1v) is 7.00. The van der Waals surface area contributed by atoms with E-state index in [9.17, 15) is 22.4 Å². The Balaban J connectivity index is 2.22. The molecule has 0 radical (unpaired) electrons. The van der Waals surface area contributed by atoms with E-state index in [4.69, 9.17) is 11.6 Å². The van der Waals surface area contributed by atoms with Gasteiger partial charge in [0.15, 0.2) is 0 Å². The van der Waals surface area contributed by atoms with Gasteiger partial charge in [0.2, 0.25) is 0 Å². The number of carbonyl (C=O) groups excluding carboxylic acids is 1. The predicted octanol–water partition coefficient (Wildman–Crippen LogP) is 4.99. The fourth-order valence-electron chi connectivity index (χ4n) is 2.05. The summed E-state index contributed by atoms with van der Waals surface area (Å²) in [5, 5.41) is 2.37. The standard InChI is InChI=1S/C16H12ClF4NO/c1-9(10-4-2-5-11(8-10)16(19,20)21)22-15(23)14-12(17)6-3-7-13(14)18/h2-9H,1H3,(H,22,23). The first-order valence-electron chi connectivity index (χ1n) is 6.62. The molecule has 2 rings (SSSR count). The average Bonchev–Trinajstić information content (AvgIpc) is 2.46. The first-order chi connectivity index (χ1) is 10.7. The van der Waals surface area contributed by atoms with Gasteiger partial charge in [-0.3, -0.25) is 4.79 Å². The molecule has 23 heavy (non-hydrogen) atoms. The highest BCUT2D eigenvalue weighted by molar-refractivity contribution is 6.33. The molecule has 0 bridgehead atoms. The lowest BCUT2D eigenvalue weighted by Crippen LogP contribution is -2.28. The van der Waals surface area contributed by atoms with Crippen molar-refractivity contribution in [1.82, 2.24) is 5.32 Å². The second-order valence-electron chi connectivity index (χ2n) is 4.92. The molecule has 1 N–H and O–H groups in total. The maximum Gasteiger partial charge on any atom is 0.416 e. The van der Waals surface area contributed by atoms with Crippen LogP contribution in [0.25, 0.3) is 0 Å². The van der Waals surface area contributed by atoms with Gasteiger partial charge in [0.25, 0.3) is 5.91 Å². The highest BCUT2D eigenvalue weighted by atomic mass is 35.5. The van der Waals surface area contributed by atoms with Crippen molar-refractivity contribution < 1.29 is 22.4 Å². The Bertz CT molecular complexity index is 710. The molecular weight excluding hydrogens is 334 g/mol. The van der Waals surface area contributed by atoms with Gasteiger partial charge in [-0.2, -0.15) is 13.2 Å². The van der Waals surface area contributed by atoms with Crippen LogP contribution in [0.5, 0.6) is 0 Å². The molecule has 0 aliphatic heterocycles. The molecule has 7 heteroatoms. The molecular formula is C16H12ClF4NO. The maximum atomic E-state index is 13.7. The Kier molecular flexibility index (Phi) is 4.94. The summed E-state index contributed by atoms with van der Waals surface area (Å²) in [5.41, 5.74) is -0.909. The molecule has 0 fully saturated rings. The van der Waals surface area contributed by atoms with E-state index in [0.717, 1.165) is 18.2 Å². The fraction of sp³-hybridized carbons (Fsp3) is 0.188. The highest BCUT2D eigenvalue weighted by Crippen LogP contribution is 2.31. The number of rotatable bonds is 3. The molecule has 0 heterocycles. The number of alkyl halides is 3. The fourth-order valence-corrected chi connectivity index (χ4v) is 2.30. The van der Waals surface area contributed by atoms with Crippen molar-refractivity contribution in [3.05, 3.63) is 70.0 Å². The summed E-state index contributed by atoms with van der Waals surface area (Å²) < 4.78 is 51.8. The van der Waals surface area contributed by atoms with Gasteiger partial charge in [-0.1, -0.05) is 29.8 Å². The van der Waals surface area contributed by atoms with E-state index in [2.05, 4.69) is 5.32 Å². The third-order valence-electron chi connectivity index (χ3n) is 3.25. The summed E-state index contributed by atoms with van der Waals surface area (Å²) in [6.07, 6.45) is -4.48. The molecule has 2 aromatic carbocycles. The van der Waals surface area contributed by atoms with Crippen LogP contribution >= 0.6 is 11.6 Å². The Morgan fingerprint density at radius 3 is 2.43 bits per heavy atom. The van der Waals surface area contributed by atoms with E-state index >= 15 is 0 Å². The minimum Gasteiger partial charge on any atom is -0.345 e. The van der Waals surface area contributed by atoms with Crippen molar-refractivity contribution in [3.8, 4) is 0 Å². The van der Waals surface area contributed by atoms with Gasteiger partial charge >= 0.3 is 6.18 Å². The molecule has 0 aliphatic rings. The predicted molar refractivity (Wildman–Crippen MR) is 78.7 cm³/mol. The molecule has 0 saturated carbocycles. The summed E-state index contributed by atoms with van der Waals surface area (Å²) in [7, 11) is 0. The van der Waals surface area contributed by atoms with E-state index in [0.29, 0.717) is 0 Å². The summed E-state index contributed by atoms with van der Waals surface area (Å²) in [6.45, 7) is 1.50. The van der Waals surface area contributed by atoms with Crippen LogP contribution in [-0.2, 0) is 6.18 Å². The third kappa shape index (κ3) is 4.01. The summed E-state index contributed by atoms with van der Waals surface area (Å²) >= 11 is 5.79. The van der Waals surface area contributed by atoms with E-state index in [1.54, 1.807) is 0 Å². The zero-order chi connectivity index (χ0) is 17.2. The summed E-state index contributed by atoms with van der Waals surface area (Å²) in [4.78, 5) is 12.1. The largest absolute Gasteiger partial charge is 0.416 e. The average molecular weight is 346 g/mol. The van der Waals surface area contributed by atoms with Gasteiger partial charge < -0.3 is 5.32 Å². The van der Waals surface area contributed by atoms with E-state index in [1.165, 1.54) is 31.2 Å². The van der Waals surface area contributed by atoms with Crippen molar-refractivity contribution in [3.63, 3.8) is 0 Å². The number of amides is 1. The number of nitrogens with one attached hydrogen (secondary N) is 1. The summed E-state index contributed by atoms with van der Waals surface area (Å²) in [6, 6.07) is 7.61. The van der Waals surface area contributed by atoms with Crippen molar-refractivity contribution in [2.24, 2.45) is 0 Å². The zero-order valence-corrected chi connectivity index (χ0v) is 12.7. The molecule has 0 saturated heterocycles. The van der Waals surface area contributed by atoms with Crippen LogP contribution in [0.4, 0.5) is 17.6 Å². The zero-order valence-electron chi connectivity index (χ0n) is 11.9. The molecule has 1 atom stereocenters. The molecule has 0 aliphatic carbocycles. The molecule has 1 unspecified atom stereocenters. The topological polar surface area (TPSA) is 29.1 Å². The van der Waals surface area contributed by atoms with Crippen molar-refractivity contribution in [2.75, 3.05) is 0 Å². The van der Waals surface area contributed by atoms with Gasteiger partial charge in [0.05, 0.1) is 22.2 Å². The van der Waals surface area contributed by atoms with E-state index < -0.39 is 29.5 Å². The van der Waals surface area contributed by atoms with Gasteiger partial charge in [0, 0.05) is 0 Å². The lowest BCUT2D eigenvalue weighted by molar-refractivity contribution is -0.137. The SMILES string of the molecule is CC(NC(=O)c1c(F)cccc1Cl)c1cccc(C(F)(F)F)c1. The number of hydrogen-bond donors (Lipinski definition) is 1. The van der Waals surface area contributed by atoms with Crippen LogP contribution in [0, 0.1) is 5.82 Å². The lowest BCUT2D eigenvalue weighted by atomic mass is 10.0. The van der Waals surface area contributed by atoms with Crippen molar-refractivity contribution >= 4 is 17.5 Å². The van der Waals surface area contributed by atoms with Crippen molar-refractivity contribution in [1.29, 1.82) is 0 Å². The van der Waals surface area contributed by atoms with Crippen LogP contribution < -0.4 is 5.32 Å². The van der Waals surface area contributed by atoms with Gasteiger partial charge in [-0.05, 0) is 36.8 Å². The molecule has 0 spiro atoms. The highest BCUT2D eigenvalue weighted by Gasteiger charge is 2.30. The van der Waals surface area contributed by atoms with Crippen molar-refractivity contribution in [2.45, 2.75) is 19.1 Å². The monoisotopic (exact) mass is 345 g/mol. The van der Waals surface area contributed by atoms with Gasteiger partial charge in [-0.15, -0.1) is 0 Å². The number of hydrogen-bond acceptors (Lipinski definition) is 1. The van der Waals surface area contributed by atoms with Crippen LogP contribution in [0.15, 0.2) is 42.5 Å². The molecule has 0 aromatic heterocycles. The second kappa shape index (κ2) is 6.58. The third-order valence-corrected chi connectivity index (χ3v) is 3.57. The number of benzene rings is 2. The lowest BCUT2D eigenvalue weighted by Gasteiger charge is -2.17. The Morgan fingerprint density at radius 1 is 1.17 bits per heavy atom. The smallest absolute Gasteiger partial charge is 0.345 e. The second-order valence-corrected chi connectivity index (χ2v) is 5.32. The van der Waals surface area contributed by atoms with Gasteiger partial charge in [-0.25, -0.2) is 4.39 Å². The minimum atomic E-state index is -4.48. The molecule has 122 valence electrons. The van der Waals surface area contributed by atoms with E-state index in [1.807, 2.05) is 0 Å². The van der Waals surface area contributed by atoms with Crippen LogP contribution in [-0.4, -0.2) is 5.91 Å². The Labute approximate surface area is 135 Å². The quantitative estimate of drug-likeness (QED) is 0.780. The maximum absolute atomic E-state index is 13.7. The number of carbonyl (C=O) groups is 1. The molecule has 2 nitrogen and oxygen atoms in total. The molecule has 1 amide bonds. The normalized spacial score (nSPS) is 12.8. The minimum absolute atomic E-state index is 0.0706. The van der Waals surface area contributed by atoms with Crippen LogP contribution in [0.1, 0.15) is 34.5 Å². The Morgan fingerprint density at radius 2 is 1.83 bits per heavy atom. The summed E-state index contributed by atoms with van der Waals surface area (Å²) in [5.74, 6) is -1.59. The van der Waals surface area contributed by atoms with Gasteiger partial charge in [0.1, 0.15) is 5.82 Å². The molecule has 2 aromatic rings. The van der Waals surface area contributed by atoms with Crippen LogP contribution in [0.3, 0.4) is 0 Å². The van der Waals surface area contributed by atoms with E-state index in [-0.39, 0.29) is 16.1 Å². The van der Waals surface area contributed by atoms with Crippen LogP contribution in [0.2, 0.25) is 5.02 Å². The first kappa shape index (κ1) is 17.3. The Hall–Kier alpha value is -2.08.